The average molecular weight is 264 g/mol. The molecule has 4 nitrogen and oxygen atoms in total. The monoisotopic (exact) mass is 264 g/mol. The maximum absolute atomic E-state index is 6.25. The van der Waals surface area contributed by atoms with Crippen LogP contribution in [-0.2, 0) is 0 Å². The number of rotatable bonds is 1. The summed E-state index contributed by atoms with van der Waals surface area (Å²) in [6.07, 6.45) is 9.09. The largest absolute Gasteiger partial charge is 0.370 e. The van der Waals surface area contributed by atoms with Crippen molar-refractivity contribution in [1.29, 1.82) is 0 Å². The summed E-state index contributed by atoms with van der Waals surface area (Å²) in [6, 6.07) is 1.29. The highest BCUT2D eigenvalue weighted by atomic mass is 15.3. The van der Waals surface area contributed by atoms with Gasteiger partial charge in [0.25, 0.3) is 0 Å². The molecule has 3 aliphatic rings. The summed E-state index contributed by atoms with van der Waals surface area (Å²) >= 11 is 0. The normalized spacial score (nSPS) is 34.6. The summed E-state index contributed by atoms with van der Waals surface area (Å²) in [5.41, 5.74) is 6.25. The van der Waals surface area contributed by atoms with Gasteiger partial charge in [-0.1, -0.05) is 12.8 Å². The van der Waals surface area contributed by atoms with Crippen molar-refractivity contribution in [3.63, 3.8) is 0 Å². The number of likely N-dealkylation sites (tertiary alicyclic amines) is 2. The van der Waals surface area contributed by atoms with Crippen LogP contribution in [0, 0.1) is 5.92 Å². The second-order valence-electron chi connectivity index (χ2n) is 6.61. The molecule has 4 heteroatoms. The maximum atomic E-state index is 6.25. The van der Waals surface area contributed by atoms with Crippen LogP contribution < -0.4 is 5.73 Å². The number of guanidine groups is 1. The van der Waals surface area contributed by atoms with E-state index in [9.17, 15) is 0 Å². The Bertz CT molecular complexity index is 335. The highest BCUT2D eigenvalue weighted by Crippen LogP contribution is 2.29. The van der Waals surface area contributed by atoms with Crippen LogP contribution >= 0.6 is 0 Å². The van der Waals surface area contributed by atoms with E-state index in [-0.39, 0.29) is 0 Å². The van der Waals surface area contributed by atoms with E-state index in [1.165, 1.54) is 51.5 Å². The first kappa shape index (κ1) is 13.2. The van der Waals surface area contributed by atoms with Crippen molar-refractivity contribution in [2.24, 2.45) is 16.6 Å². The van der Waals surface area contributed by atoms with Crippen LogP contribution in [0.5, 0.6) is 0 Å². The van der Waals surface area contributed by atoms with E-state index in [4.69, 9.17) is 10.7 Å². The Balaban J connectivity index is 1.60. The third-order valence-corrected chi connectivity index (χ3v) is 5.31. The van der Waals surface area contributed by atoms with Gasteiger partial charge in [-0.3, -0.25) is 0 Å². The number of hydrogen-bond donors (Lipinski definition) is 1. The Labute approximate surface area is 117 Å². The molecule has 2 atom stereocenters. The molecule has 1 aliphatic carbocycles. The molecule has 2 N–H and O–H groups in total. The van der Waals surface area contributed by atoms with Crippen molar-refractivity contribution in [3.05, 3.63) is 0 Å². The van der Waals surface area contributed by atoms with E-state index < -0.39 is 0 Å². The van der Waals surface area contributed by atoms with E-state index in [0.29, 0.717) is 6.04 Å². The average Bonchev–Trinajstić information content (AvgIpc) is 2.91. The van der Waals surface area contributed by atoms with E-state index in [0.717, 1.165) is 31.0 Å². The Morgan fingerprint density at radius 3 is 2.63 bits per heavy atom. The van der Waals surface area contributed by atoms with Gasteiger partial charge in [-0.15, -0.1) is 0 Å². The van der Waals surface area contributed by atoms with Gasteiger partial charge in [0.05, 0.1) is 6.04 Å². The Morgan fingerprint density at radius 1 is 1.05 bits per heavy atom. The third kappa shape index (κ3) is 2.88. The molecule has 2 unspecified atom stereocenters. The molecule has 0 spiro atoms. The van der Waals surface area contributed by atoms with Crippen molar-refractivity contribution in [2.45, 2.75) is 57.0 Å². The van der Waals surface area contributed by atoms with Crippen LogP contribution in [0.15, 0.2) is 4.99 Å². The maximum Gasteiger partial charge on any atom is 0.191 e. The van der Waals surface area contributed by atoms with Gasteiger partial charge in [0.1, 0.15) is 0 Å². The Kier molecular flexibility index (Phi) is 3.96. The summed E-state index contributed by atoms with van der Waals surface area (Å²) in [4.78, 5) is 9.66. The molecule has 3 rings (SSSR count). The predicted molar refractivity (Wildman–Crippen MR) is 79.2 cm³/mol. The molecule has 0 amide bonds. The topological polar surface area (TPSA) is 44.9 Å². The quantitative estimate of drug-likeness (QED) is 0.579. The molecule has 108 valence electrons. The van der Waals surface area contributed by atoms with Gasteiger partial charge in [0.2, 0.25) is 0 Å². The zero-order valence-corrected chi connectivity index (χ0v) is 12.2. The first-order valence-electron chi connectivity index (χ1n) is 8.02. The molecular formula is C15H28N4. The van der Waals surface area contributed by atoms with Crippen molar-refractivity contribution in [1.82, 2.24) is 9.80 Å². The summed E-state index contributed by atoms with van der Waals surface area (Å²) in [5, 5.41) is 0. The number of fused-ring (bicyclic) bond motifs is 1. The number of nitrogens with zero attached hydrogens (tertiary/aromatic N) is 3. The van der Waals surface area contributed by atoms with E-state index >= 15 is 0 Å². The van der Waals surface area contributed by atoms with Gasteiger partial charge >= 0.3 is 0 Å². The fourth-order valence-electron chi connectivity index (χ4n) is 4.16. The van der Waals surface area contributed by atoms with Gasteiger partial charge in [-0.25, -0.2) is 4.99 Å². The van der Waals surface area contributed by atoms with Crippen LogP contribution in [-0.4, -0.2) is 54.5 Å². The summed E-state index contributed by atoms with van der Waals surface area (Å²) < 4.78 is 0. The van der Waals surface area contributed by atoms with Gasteiger partial charge in [0, 0.05) is 19.1 Å². The molecule has 19 heavy (non-hydrogen) atoms. The zero-order chi connectivity index (χ0) is 13.2. The van der Waals surface area contributed by atoms with Crippen molar-refractivity contribution in [3.8, 4) is 0 Å². The van der Waals surface area contributed by atoms with Crippen molar-refractivity contribution in [2.75, 3.05) is 26.7 Å². The molecule has 0 radical (unpaired) electrons. The Morgan fingerprint density at radius 2 is 1.84 bits per heavy atom. The number of piperidine rings is 2. The second kappa shape index (κ2) is 5.70. The smallest absolute Gasteiger partial charge is 0.191 e. The highest BCUT2D eigenvalue weighted by molar-refractivity contribution is 5.78. The van der Waals surface area contributed by atoms with E-state index in [1.54, 1.807) is 0 Å². The first-order valence-corrected chi connectivity index (χ1v) is 8.02. The van der Waals surface area contributed by atoms with E-state index in [1.807, 2.05) is 0 Å². The molecule has 0 aromatic heterocycles. The first-order chi connectivity index (χ1) is 9.24. The highest BCUT2D eigenvalue weighted by Gasteiger charge is 2.34. The minimum Gasteiger partial charge on any atom is -0.370 e. The summed E-state index contributed by atoms with van der Waals surface area (Å²) in [7, 11) is 2.28. The standard InChI is InChI=1S/C15H28N4/c1-18-9-4-5-12-11-19(10-8-14(12)18)15(16)17-13-6-2-3-7-13/h12-14H,2-11H2,1H3,(H2,16,17). The van der Waals surface area contributed by atoms with E-state index in [2.05, 4.69) is 16.8 Å². The molecule has 0 aromatic rings. The lowest BCUT2D eigenvalue weighted by Gasteiger charge is -2.46. The second-order valence-corrected chi connectivity index (χ2v) is 6.61. The van der Waals surface area contributed by atoms with Crippen LogP contribution in [0.4, 0.5) is 0 Å². The predicted octanol–water partition coefficient (Wildman–Crippen LogP) is 1.66. The molecule has 2 heterocycles. The van der Waals surface area contributed by atoms with Crippen molar-refractivity contribution >= 4 is 5.96 Å². The zero-order valence-electron chi connectivity index (χ0n) is 12.2. The third-order valence-electron chi connectivity index (χ3n) is 5.31. The SMILES string of the molecule is CN1CCCC2CN(C(N)=NC3CCCC3)CCC21. The number of aliphatic imine (C=N–C) groups is 1. The molecular weight excluding hydrogens is 236 g/mol. The molecule has 2 saturated heterocycles. The van der Waals surface area contributed by atoms with Crippen LogP contribution in [0.1, 0.15) is 44.9 Å². The lowest BCUT2D eigenvalue weighted by atomic mass is 9.84. The minimum atomic E-state index is 0.506. The molecule has 1 saturated carbocycles. The molecule has 0 aromatic carbocycles. The molecule has 3 fully saturated rings. The van der Waals surface area contributed by atoms with Gasteiger partial charge in [-0.05, 0) is 51.6 Å². The molecule has 2 aliphatic heterocycles. The summed E-state index contributed by atoms with van der Waals surface area (Å²) in [6.45, 7) is 3.48. The number of nitrogens with two attached hydrogens (primary N) is 1. The minimum absolute atomic E-state index is 0.506. The fraction of sp³-hybridized carbons (Fsp3) is 0.933. The number of hydrogen-bond acceptors (Lipinski definition) is 2. The lowest BCUT2D eigenvalue weighted by Crippen LogP contribution is -2.55. The van der Waals surface area contributed by atoms with Crippen molar-refractivity contribution < 1.29 is 0 Å². The lowest BCUT2D eigenvalue weighted by molar-refractivity contribution is 0.0626. The van der Waals surface area contributed by atoms with Gasteiger partial charge in [-0.2, -0.15) is 0 Å². The van der Waals surface area contributed by atoms with Crippen LogP contribution in [0.2, 0.25) is 0 Å². The van der Waals surface area contributed by atoms with Crippen LogP contribution in [0.3, 0.4) is 0 Å². The van der Waals surface area contributed by atoms with Gasteiger partial charge in [0.15, 0.2) is 5.96 Å². The molecule has 0 bridgehead atoms. The fourth-order valence-corrected chi connectivity index (χ4v) is 4.16. The van der Waals surface area contributed by atoms with Gasteiger partial charge < -0.3 is 15.5 Å². The summed E-state index contributed by atoms with van der Waals surface area (Å²) in [5.74, 6) is 1.61. The Hall–Kier alpha value is -0.770. The van der Waals surface area contributed by atoms with Crippen LogP contribution in [0.25, 0.3) is 0 Å².